The number of methoxy groups -OCH3 is 1. The molecule has 3 aromatic heterocycles. The van der Waals surface area contributed by atoms with Gasteiger partial charge in [-0.2, -0.15) is 10.1 Å². The van der Waals surface area contributed by atoms with E-state index in [9.17, 15) is 0 Å². The van der Waals surface area contributed by atoms with Crippen molar-refractivity contribution in [1.29, 1.82) is 0 Å². The van der Waals surface area contributed by atoms with Gasteiger partial charge in [0.2, 0.25) is 0 Å². The molecule has 0 aliphatic heterocycles. The van der Waals surface area contributed by atoms with Gasteiger partial charge in [-0.1, -0.05) is 18.2 Å². The summed E-state index contributed by atoms with van der Waals surface area (Å²) in [6, 6.07) is 9.79. The maximum atomic E-state index is 5.38. The molecule has 0 radical (unpaired) electrons. The Kier molecular flexibility index (Phi) is 3.27. The zero-order valence-electron chi connectivity index (χ0n) is 14.0. The number of H-pyrrole nitrogens is 1. The van der Waals surface area contributed by atoms with E-state index in [1.54, 1.807) is 13.3 Å². The van der Waals surface area contributed by atoms with Crippen LogP contribution >= 0.6 is 0 Å². The number of aromatic nitrogens is 5. The largest absolute Gasteiger partial charge is 0.495 e. The van der Waals surface area contributed by atoms with Gasteiger partial charge in [0.25, 0.3) is 5.95 Å². The van der Waals surface area contributed by atoms with Gasteiger partial charge in [0, 0.05) is 11.6 Å². The van der Waals surface area contributed by atoms with E-state index in [0.29, 0.717) is 17.1 Å². The van der Waals surface area contributed by atoms with Gasteiger partial charge in [-0.25, -0.2) is 5.43 Å². The maximum absolute atomic E-state index is 5.38. The summed E-state index contributed by atoms with van der Waals surface area (Å²) in [4.78, 5) is 12.1. The SMILES string of the molecule is COc1cccc2c1[nH]c1nc(N/N=C3\CCc4cccnc43)nnc12. The first kappa shape index (κ1) is 14.8. The second-order valence-corrected chi connectivity index (χ2v) is 6.02. The van der Waals surface area contributed by atoms with Crippen molar-refractivity contribution in [2.75, 3.05) is 12.5 Å². The van der Waals surface area contributed by atoms with Gasteiger partial charge in [-0.05, 0) is 30.5 Å². The lowest BCUT2D eigenvalue weighted by Gasteiger charge is -2.00. The summed E-state index contributed by atoms with van der Waals surface area (Å²) < 4.78 is 5.38. The molecule has 5 rings (SSSR count). The van der Waals surface area contributed by atoms with Gasteiger partial charge in [0.1, 0.15) is 11.3 Å². The van der Waals surface area contributed by atoms with Gasteiger partial charge in [0.15, 0.2) is 5.65 Å². The fourth-order valence-corrected chi connectivity index (χ4v) is 3.29. The fraction of sp³-hybridized carbons (Fsp3) is 0.167. The molecule has 4 aromatic rings. The molecule has 8 nitrogen and oxygen atoms in total. The monoisotopic (exact) mass is 345 g/mol. The molecule has 3 heterocycles. The van der Waals surface area contributed by atoms with Crippen molar-refractivity contribution < 1.29 is 4.74 Å². The van der Waals surface area contributed by atoms with Crippen LogP contribution < -0.4 is 10.2 Å². The van der Waals surface area contributed by atoms with Crippen LogP contribution in [0.25, 0.3) is 22.1 Å². The quantitative estimate of drug-likeness (QED) is 0.554. The fourth-order valence-electron chi connectivity index (χ4n) is 3.29. The number of ether oxygens (including phenoxy) is 1. The van der Waals surface area contributed by atoms with E-state index in [1.807, 2.05) is 24.3 Å². The summed E-state index contributed by atoms with van der Waals surface area (Å²) in [5, 5.41) is 13.8. The summed E-state index contributed by atoms with van der Waals surface area (Å²) in [5.74, 6) is 1.07. The van der Waals surface area contributed by atoms with Crippen LogP contribution in [0, 0.1) is 0 Å². The van der Waals surface area contributed by atoms with Crippen LogP contribution in [0.2, 0.25) is 0 Å². The lowest BCUT2D eigenvalue weighted by atomic mass is 10.2. The smallest absolute Gasteiger partial charge is 0.265 e. The predicted molar refractivity (Wildman–Crippen MR) is 98.5 cm³/mol. The number of benzene rings is 1. The summed E-state index contributed by atoms with van der Waals surface area (Å²) in [6.07, 6.45) is 3.57. The molecule has 26 heavy (non-hydrogen) atoms. The lowest BCUT2D eigenvalue weighted by Crippen LogP contribution is -2.04. The number of hydrogen-bond donors (Lipinski definition) is 2. The molecule has 1 aliphatic carbocycles. The number of hydrazone groups is 1. The Morgan fingerprint density at radius 2 is 2.12 bits per heavy atom. The van der Waals surface area contributed by atoms with E-state index < -0.39 is 0 Å². The highest BCUT2D eigenvalue weighted by Crippen LogP contribution is 2.29. The Bertz CT molecular complexity index is 1160. The molecule has 1 aliphatic rings. The van der Waals surface area contributed by atoms with E-state index in [4.69, 9.17) is 4.74 Å². The number of nitrogens with one attached hydrogen (secondary N) is 2. The molecule has 0 saturated heterocycles. The molecular formula is C18H15N7O. The predicted octanol–water partition coefficient (Wildman–Crippen LogP) is 2.67. The van der Waals surface area contributed by atoms with Crippen molar-refractivity contribution in [3.8, 4) is 5.75 Å². The van der Waals surface area contributed by atoms with Gasteiger partial charge in [-0.3, -0.25) is 4.98 Å². The lowest BCUT2D eigenvalue weighted by molar-refractivity contribution is 0.419. The molecule has 128 valence electrons. The highest BCUT2D eigenvalue weighted by molar-refractivity contribution is 6.06. The van der Waals surface area contributed by atoms with Gasteiger partial charge in [0.05, 0.1) is 24.0 Å². The topological polar surface area (TPSA) is 101 Å². The van der Waals surface area contributed by atoms with Crippen molar-refractivity contribution in [2.24, 2.45) is 5.10 Å². The molecule has 1 aromatic carbocycles. The first-order valence-corrected chi connectivity index (χ1v) is 8.29. The summed E-state index contributed by atoms with van der Waals surface area (Å²) in [7, 11) is 1.63. The molecular weight excluding hydrogens is 330 g/mol. The van der Waals surface area contributed by atoms with E-state index >= 15 is 0 Å². The Labute approximate surface area is 148 Å². The highest BCUT2D eigenvalue weighted by Gasteiger charge is 2.19. The molecule has 0 saturated carbocycles. The number of aryl methyl sites for hydroxylation is 1. The first-order valence-electron chi connectivity index (χ1n) is 8.29. The van der Waals surface area contributed by atoms with Crippen molar-refractivity contribution >= 4 is 33.7 Å². The van der Waals surface area contributed by atoms with Gasteiger partial charge in [-0.15, -0.1) is 10.2 Å². The van der Waals surface area contributed by atoms with Crippen LogP contribution in [0.4, 0.5) is 5.95 Å². The number of pyridine rings is 1. The van der Waals surface area contributed by atoms with Gasteiger partial charge < -0.3 is 9.72 Å². The maximum Gasteiger partial charge on any atom is 0.265 e. The number of para-hydroxylation sites is 1. The van der Waals surface area contributed by atoms with Crippen LogP contribution in [-0.2, 0) is 6.42 Å². The van der Waals surface area contributed by atoms with Crippen LogP contribution in [0.15, 0.2) is 41.6 Å². The molecule has 8 heteroatoms. The first-order chi connectivity index (χ1) is 12.8. The number of nitrogens with zero attached hydrogens (tertiary/aromatic N) is 5. The van der Waals surface area contributed by atoms with Crippen molar-refractivity contribution in [2.45, 2.75) is 12.8 Å². The minimum atomic E-state index is 0.333. The summed E-state index contributed by atoms with van der Waals surface area (Å²) in [5.41, 5.74) is 8.14. The molecule has 0 amide bonds. The van der Waals surface area contributed by atoms with Crippen molar-refractivity contribution in [3.63, 3.8) is 0 Å². The number of hydrogen-bond acceptors (Lipinski definition) is 7. The number of rotatable bonds is 3. The zero-order chi connectivity index (χ0) is 17.5. The van der Waals surface area contributed by atoms with Crippen LogP contribution in [-0.4, -0.2) is 38.0 Å². The minimum Gasteiger partial charge on any atom is -0.495 e. The van der Waals surface area contributed by atoms with Crippen LogP contribution in [0.5, 0.6) is 5.75 Å². The number of aromatic amines is 1. The molecule has 0 unspecified atom stereocenters. The van der Waals surface area contributed by atoms with E-state index in [2.05, 4.69) is 41.7 Å². The molecule has 0 fully saturated rings. The molecule has 0 spiro atoms. The molecule has 2 N–H and O–H groups in total. The molecule has 0 bridgehead atoms. The average molecular weight is 345 g/mol. The van der Waals surface area contributed by atoms with E-state index in [1.165, 1.54) is 5.56 Å². The van der Waals surface area contributed by atoms with Crippen molar-refractivity contribution in [3.05, 3.63) is 47.8 Å². The van der Waals surface area contributed by atoms with E-state index in [-0.39, 0.29) is 0 Å². The zero-order valence-corrected chi connectivity index (χ0v) is 14.0. The Morgan fingerprint density at radius 3 is 3.04 bits per heavy atom. The Hall–Kier alpha value is -3.55. The Morgan fingerprint density at radius 1 is 1.15 bits per heavy atom. The van der Waals surface area contributed by atoms with Crippen molar-refractivity contribution in [1.82, 2.24) is 25.1 Å². The minimum absolute atomic E-state index is 0.333. The Balaban J connectivity index is 1.51. The molecule has 0 atom stereocenters. The second-order valence-electron chi connectivity index (χ2n) is 6.02. The average Bonchev–Trinajstić information content (AvgIpc) is 3.27. The number of anilines is 1. The van der Waals surface area contributed by atoms with Crippen LogP contribution in [0.3, 0.4) is 0 Å². The third kappa shape index (κ3) is 2.26. The summed E-state index contributed by atoms with van der Waals surface area (Å²) in [6.45, 7) is 0. The second kappa shape index (κ2) is 5.76. The third-order valence-electron chi connectivity index (χ3n) is 4.52. The highest BCUT2D eigenvalue weighted by atomic mass is 16.5. The standard InChI is InChI=1S/C18H15N7O/c1-26-13-6-2-5-11-15(13)20-17-16(11)23-25-18(21-17)24-22-12-8-7-10-4-3-9-19-14(10)12/h2-6,9H,7-8H2,1H3,(H2,20,21,24,25)/b22-12+. The third-order valence-corrected chi connectivity index (χ3v) is 4.52. The van der Waals surface area contributed by atoms with Gasteiger partial charge >= 0.3 is 0 Å². The number of fused-ring (bicyclic) bond motifs is 4. The van der Waals surface area contributed by atoms with E-state index in [0.717, 1.165) is 40.9 Å². The van der Waals surface area contributed by atoms with Crippen LogP contribution in [0.1, 0.15) is 17.7 Å². The normalized spacial score (nSPS) is 14.9. The summed E-state index contributed by atoms with van der Waals surface area (Å²) >= 11 is 0.